The lowest BCUT2D eigenvalue weighted by molar-refractivity contribution is 0.212. The Hall–Kier alpha value is -1.44. The first-order chi connectivity index (χ1) is 10.6. The summed E-state index contributed by atoms with van der Waals surface area (Å²) in [4.78, 5) is 8.94. The van der Waals surface area contributed by atoms with Gasteiger partial charge in [-0.05, 0) is 26.0 Å². The first-order valence-corrected chi connectivity index (χ1v) is 8.53. The van der Waals surface area contributed by atoms with Crippen LogP contribution in [0.25, 0.3) is 10.6 Å². The van der Waals surface area contributed by atoms with E-state index in [-0.39, 0.29) is 0 Å². The third kappa shape index (κ3) is 2.33. The standard InChI is InChI=1S/C14H17ClN6S/c1-20-8-2-3-9(20)7-21(6-8)14-19-18-13(22-14)10-5-17-12(15)4-11(10)16/h4-5,8-9H,2-3,6-7H2,1H3,(H2,16,17). The Morgan fingerprint density at radius 2 is 2.00 bits per heavy atom. The number of hydrogen-bond donors (Lipinski definition) is 1. The van der Waals surface area contributed by atoms with Crippen LogP contribution in [0.4, 0.5) is 10.8 Å². The molecule has 8 heteroatoms. The smallest absolute Gasteiger partial charge is 0.208 e. The second-order valence-corrected chi connectivity index (χ2v) is 7.28. The van der Waals surface area contributed by atoms with E-state index in [1.54, 1.807) is 23.6 Å². The van der Waals surface area contributed by atoms with Crippen molar-refractivity contribution in [3.63, 3.8) is 0 Å². The van der Waals surface area contributed by atoms with Gasteiger partial charge in [0.1, 0.15) is 5.15 Å². The largest absolute Gasteiger partial charge is 0.398 e. The molecule has 2 unspecified atom stereocenters. The van der Waals surface area contributed by atoms with Crippen molar-refractivity contribution in [2.45, 2.75) is 24.9 Å². The summed E-state index contributed by atoms with van der Waals surface area (Å²) in [7, 11) is 2.23. The molecule has 0 radical (unpaired) electrons. The molecule has 2 N–H and O–H groups in total. The minimum atomic E-state index is 0.390. The number of fused-ring (bicyclic) bond motifs is 2. The molecule has 2 aromatic heterocycles. The fraction of sp³-hybridized carbons (Fsp3) is 0.500. The van der Waals surface area contributed by atoms with Crippen LogP contribution in [0.15, 0.2) is 12.3 Å². The maximum atomic E-state index is 6.01. The predicted octanol–water partition coefficient (Wildman–Crippen LogP) is 2.12. The number of aromatic nitrogens is 3. The van der Waals surface area contributed by atoms with Gasteiger partial charge in [0.15, 0.2) is 5.01 Å². The molecule has 2 atom stereocenters. The molecule has 22 heavy (non-hydrogen) atoms. The summed E-state index contributed by atoms with van der Waals surface area (Å²) in [5, 5.41) is 10.8. The summed E-state index contributed by atoms with van der Waals surface area (Å²) >= 11 is 7.42. The van der Waals surface area contributed by atoms with Crippen molar-refractivity contribution in [2.75, 3.05) is 30.8 Å². The third-order valence-electron chi connectivity index (χ3n) is 4.67. The number of halogens is 1. The van der Waals surface area contributed by atoms with Gasteiger partial charge in [-0.25, -0.2) is 4.98 Å². The van der Waals surface area contributed by atoms with Crippen molar-refractivity contribution in [2.24, 2.45) is 0 Å². The molecule has 2 aromatic rings. The Bertz CT molecular complexity index is 690. The number of rotatable bonds is 2. The molecule has 4 heterocycles. The van der Waals surface area contributed by atoms with E-state index >= 15 is 0 Å². The highest BCUT2D eigenvalue weighted by atomic mass is 35.5. The monoisotopic (exact) mass is 336 g/mol. The van der Waals surface area contributed by atoms with Crippen molar-refractivity contribution in [3.8, 4) is 10.6 Å². The summed E-state index contributed by atoms with van der Waals surface area (Å²) in [6, 6.07) is 2.91. The molecule has 0 aromatic carbocycles. The predicted molar refractivity (Wildman–Crippen MR) is 89.3 cm³/mol. The van der Waals surface area contributed by atoms with Crippen LogP contribution in [0.1, 0.15) is 12.8 Å². The molecule has 2 aliphatic rings. The summed E-state index contributed by atoms with van der Waals surface area (Å²) in [6.07, 6.45) is 4.21. The summed E-state index contributed by atoms with van der Waals surface area (Å²) in [5.41, 5.74) is 7.39. The van der Waals surface area contributed by atoms with Gasteiger partial charge >= 0.3 is 0 Å². The zero-order valence-corrected chi connectivity index (χ0v) is 13.8. The molecule has 0 saturated carbocycles. The van der Waals surface area contributed by atoms with Crippen molar-refractivity contribution >= 4 is 33.8 Å². The van der Waals surface area contributed by atoms with Gasteiger partial charge in [-0.15, -0.1) is 10.2 Å². The first-order valence-electron chi connectivity index (χ1n) is 7.33. The molecule has 2 saturated heterocycles. The van der Waals surface area contributed by atoms with Crippen LogP contribution >= 0.6 is 22.9 Å². The zero-order chi connectivity index (χ0) is 15.3. The quantitative estimate of drug-likeness (QED) is 0.847. The minimum absolute atomic E-state index is 0.390. The lowest BCUT2D eigenvalue weighted by Crippen LogP contribution is -2.52. The fourth-order valence-electron chi connectivity index (χ4n) is 3.34. The lowest BCUT2D eigenvalue weighted by atomic mass is 10.2. The van der Waals surface area contributed by atoms with Gasteiger partial charge in [-0.3, -0.25) is 4.90 Å². The van der Waals surface area contributed by atoms with Crippen molar-refractivity contribution in [3.05, 3.63) is 17.4 Å². The van der Waals surface area contributed by atoms with Gasteiger partial charge in [0.05, 0.1) is 5.56 Å². The van der Waals surface area contributed by atoms with Crippen LogP contribution in [0.3, 0.4) is 0 Å². The molecule has 116 valence electrons. The molecule has 6 nitrogen and oxygen atoms in total. The van der Waals surface area contributed by atoms with Crippen molar-refractivity contribution < 1.29 is 0 Å². The van der Waals surface area contributed by atoms with E-state index in [0.29, 0.717) is 22.9 Å². The number of piperazine rings is 1. The molecule has 0 spiro atoms. The molecular formula is C14H17ClN6S. The Labute approximate surface area is 137 Å². The normalized spacial score (nSPS) is 24.9. The molecule has 0 aliphatic carbocycles. The van der Waals surface area contributed by atoms with Crippen molar-refractivity contribution in [1.29, 1.82) is 0 Å². The van der Waals surface area contributed by atoms with E-state index < -0.39 is 0 Å². The molecular weight excluding hydrogens is 320 g/mol. The van der Waals surface area contributed by atoms with E-state index in [2.05, 4.69) is 32.0 Å². The topological polar surface area (TPSA) is 71.2 Å². The summed E-state index contributed by atoms with van der Waals surface area (Å²) in [6.45, 7) is 2.05. The SMILES string of the molecule is CN1C2CCC1CN(c1nnc(-c3cnc(Cl)cc3N)s1)C2. The maximum Gasteiger partial charge on any atom is 0.208 e. The highest BCUT2D eigenvalue weighted by Gasteiger charge is 2.38. The average Bonchev–Trinajstić information content (AvgIpc) is 3.02. The van der Waals surface area contributed by atoms with Crippen LogP contribution in [-0.2, 0) is 0 Å². The number of pyridine rings is 1. The highest BCUT2D eigenvalue weighted by Crippen LogP contribution is 2.36. The van der Waals surface area contributed by atoms with Gasteiger partial charge in [-0.2, -0.15) is 0 Å². The van der Waals surface area contributed by atoms with Crippen LogP contribution in [0, 0.1) is 0 Å². The highest BCUT2D eigenvalue weighted by molar-refractivity contribution is 7.18. The molecule has 4 rings (SSSR count). The Balaban J connectivity index is 1.59. The van der Waals surface area contributed by atoms with E-state index in [1.807, 2.05) is 0 Å². The first kappa shape index (κ1) is 14.2. The zero-order valence-electron chi connectivity index (χ0n) is 12.2. The number of likely N-dealkylation sites (N-methyl/N-ethyl adjacent to an activating group) is 1. The van der Waals surface area contributed by atoms with E-state index in [9.17, 15) is 0 Å². The molecule has 0 amide bonds. The number of anilines is 2. The second kappa shape index (κ2) is 5.33. The van der Waals surface area contributed by atoms with Gasteiger partial charge < -0.3 is 10.6 Å². The fourth-order valence-corrected chi connectivity index (χ4v) is 4.41. The Morgan fingerprint density at radius 1 is 1.27 bits per heavy atom. The summed E-state index contributed by atoms with van der Waals surface area (Å²) in [5.74, 6) is 0. The summed E-state index contributed by atoms with van der Waals surface area (Å²) < 4.78 is 0. The van der Waals surface area contributed by atoms with Gasteiger partial charge in [0, 0.05) is 37.1 Å². The van der Waals surface area contributed by atoms with E-state index in [1.165, 1.54) is 12.8 Å². The Kier molecular flexibility index (Phi) is 3.43. The number of nitrogens with zero attached hydrogens (tertiary/aromatic N) is 5. The third-order valence-corrected chi connectivity index (χ3v) is 5.89. The van der Waals surface area contributed by atoms with E-state index in [4.69, 9.17) is 17.3 Å². The second-order valence-electron chi connectivity index (χ2n) is 5.94. The van der Waals surface area contributed by atoms with Crippen LogP contribution in [0.5, 0.6) is 0 Å². The van der Waals surface area contributed by atoms with Crippen LogP contribution < -0.4 is 10.6 Å². The maximum absolute atomic E-state index is 6.01. The molecule has 2 bridgehead atoms. The van der Waals surface area contributed by atoms with Crippen LogP contribution in [0.2, 0.25) is 5.15 Å². The lowest BCUT2D eigenvalue weighted by Gasteiger charge is -2.38. The number of hydrogen-bond acceptors (Lipinski definition) is 7. The van der Waals surface area contributed by atoms with E-state index in [0.717, 1.165) is 28.8 Å². The molecule has 2 fully saturated rings. The number of nitrogens with two attached hydrogens (primary N) is 1. The number of nitrogen functional groups attached to an aromatic ring is 1. The minimum Gasteiger partial charge on any atom is -0.398 e. The van der Waals surface area contributed by atoms with Crippen LogP contribution in [-0.4, -0.2) is 52.3 Å². The van der Waals surface area contributed by atoms with Gasteiger partial charge in [0.25, 0.3) is 0 Å². The van der Waals surface area contributed by atoms with Gasteiger partial charge in [-0.1, -0.05) is 22.9 Å². The van der Waals surface area contributed by atoms with Gasteiger partial charge in [0.2, 0.25) is 5.13 Å². The van der Waals surface area contributed by atoms with Crippen molar-refractivity contribution in [1.82, 2.24) is 20.1 Å². The Morgan fingerprint density at radius 3 is 2.68 bits per heavy atom. The molecule has 2 aliphatic heterocycles. The average molecular weight is 337 g/mol.